The quantitative estimate of drug-likeness (QED) is 0.0786. The number of rotatable bonds is 13. The summed E-state index contributed by atoms with van der Waals surface area (Å²) in [6, 6.07) is 0. The van der Waals surface area contributed by atoms with Crippen LogP contribution in [0.5, 0.6) is 0 Å². The van der Waals surface area contributed by atoms with Gasteiger partial charge in [0.25, 0.3) is 0 Å². The third-order valence-corrected chi connectivity index (χ3v) is 21.7. The second-order valence-electron chi connectivity index (χ2n) is 26.2. The molecule has 4 aliphatic carbocycles. The van der Waals surface area contributed by atoms with Crippen molar-refractivity contribution in [2.45, 2.75) is 251 Å². The fourth-order valence-corrected chi connectivity index (χ4v) is 17.1. The van der Waals surface area contributed by atoms with Crippen LogP contribution in [0.1, 0.15) is 91.9 Å². The van der Waals surface area contributed by atoms with Crippen molar-refractivity contribution in [2.75, 3.05) is 39.6 Å². The molecule has 14 N–H and O–H groups in total. The average molecular weight is 1170 g/mol. The molecule has 0 bridgehead atoms. The summed E-state index contributed by atoms with van der Waals surface area (Å²) in [4.78, 5) is 0. The fourth-order valence-electron chi connectivity index (χ4n) is 17.1. The highest BCUT2D eigenvalue weighted by Gasteiger charge is 2.69. The van der Waals surface area contributed by atoms with Crippen molar-refractivity contribution >= 4 is 0 Å². The zero-order chi connectivity index (χ0) is 57.8. The highest BCUT2D eigenvalue weighted by atomic mass is 16.8. The Morgan fingerprint density at radius 1 is 0.457 bits per heavy atom. The van der Waals surface area contributed by atoms with Crippen LogP contribution in [0.25, 0.3) is 0 Å². The van der Waals surface area contributed by atoms with E-state index in [2.05, 4.69) is 27.7 Å². The van der Waals surface area contributed by atoms with Crippen LogP contribution in [0.3, 0.4) is 0 Å². The van der Waals surface area contributed by atoms with Crippen LogP contribution in [0.4, 0.5) is 0 Å². The van der Waals surface area contributed by atoms with E-state index in [-0.39, 0.29) is 23.0 Å². The normalized spacial score (nSPS) is 57.6. The van der Waals surface area contributed by atoms with Gasteiger partial charge in [-0.25, -0.2) is 0 Å². The lowest BCUT2D eigenvalue weighted by atomic mass is 9.44. The Morgan fingerprint density at radius 3 is 1.65 bits per heavy atom. The summed E-state index contributed by atoms with van der Waals surface area (Å²) in [6.45, 7) is 6.73. The van der Waals surface area contributed by atoms with E-state index in [1.54, 1.807) is 0 Å². The van der Waals surface area contributed by atoms with Crippen molar-refractivity contribution in [1.82, 2.24) is 0 Å². The van der Waals surface area contributed by atoms with E-state index in [1.807, 2.05) is 0 Å². The van der Waals surface area contributed by atoms with Crippen molar-refractivity contribution in [3.05, 3.63) is 0 Å². The maximum Gasteiger partial charge on any atom is 0.187 e. The van der Waals surface area contributed by atoms with Gasteiger partial charge in [-0.2, -0.15) is 0 Å². The summed E-state index contributed by atoms with van der Waals surface area (Å²) < 4.78 is 72.9. The molecule has 0 unspecified atom stereocenters. The van der Waals surface area contributed by atoms with Crippen molar-refractivity contribution in [1.29, 1.82) is 0 Å². The van der Waals surface area contributed by atoms with Gasteiger partial charge in [-0.1, -0.05) is 27.7 Å². The van der Waals surface area contributed by atoms with Crippen molar-refractivity contribution in [3.8, 4) is 0 Å². The minimum Gasteiger partial charge on any atom is -0.394 e. The van der Waals surface area contributed by atoms with Gasteiger partial charge in [-0.3, -0.25) is 0 Å². The molecule has 81 heavy (non-hydrogen) atoms. The summed E-state index contributed by atoms with van der Waals surface area (Å²) in [5.41, 5.74) is 0.230. The molecule has 0 radical (unpaired) electrons. The van der Waals surface area contributed by atoms with Crippen LogP contribution < -0.4 is 0 Å². The Morgan fingerprint density at radius 2 is 1.01 bits per heavy atom. The van der Waals surface area contributed by atoms with Crippen LogP contribution in [-0.4, -0.2) is 270 Å². The molecule has 0 aromatic rings. The van der Waals surface area contributed by atoms with Crippen LogP contribution in [0.2, 0.25) is 0 Å². The summed E-state index contributed by atoms with van der Waals surface area (Å²) in [5.74, 6) is 2.86. The van der Waals surface area contributed by atoms with E-state index >= 15 is 0 Å². The highest BCUT2D eigenvalue weighted by Crippen LogP contribution is 2.71. The molecule has 7 aliphatic heterocycles. The minimum atomic E-state index is -2.05. The van der Waals surface area contributed by atoms with Gasteiger partial charge in [0.2, 0.25) is 0 Å². The van der Waals surface area contributed by atoms with E-state index in [0.717, 1.165) is 58.0 Å². The molecular formula is C55H90O26. The third-order valence-electron chi connectivity index (χ3n) is 21.7. The second-order valence-corrected chi connectivity index (χ2v) is 26.2. The number of fused-ring (bicyclic) bond motifs is 7. The Kier molecular flexibility index (Phi) is 18.4. The second kappa shape index (κ2) is 24.2. The molecule has 7 saturated heterocycles. The molecule has 1 spiro atoms. The molecule has 0 aromatic heterocycles. The smallest absolute Gasteiger partial charge is 0.187 e. The van der Waals surface area contributed by atoms with Crippen LogP contribution in [-0.2, 0) is 56.8 Å². The van der Waals surface area contributed by atoms with Crippen molar-refractivity contribution in [2.24, 2.45) is 52.3 Å². The first-order chi connectivity index (χ1) is 38.6. The van der Waals surface area contributed by atoms with E-state index in [0.29, 0.717) is 54.3 Å². The van der Waals surface area contributed by atoms with Crippen LogP contribution >= 0.6 is 0 Å². The average Bonchev–Trinajstić information content (AvgIpc) is 3.70. The fraction of sp³-hybridized carbons (Fsp3) is 1.00. The molecule has 26 heteroatoms. The molecule has 4 saturated carbocycles. The number of aliphatic hydroxyl groups excluding tert-OH is 14. The van der Waals surface area contributed by atoms with Gasteiger partial charge in [0.05, 0.1) is 51.8 Å². The third kappa shape index (κ3) is 10.9. The lowest BCUT2D eigenvalue weighted by Crippen LogP contribution is -2.67. The molecular weight excluding hydrogens is 1080 g/mol. The first-order valence-electron chi connectivity index (χ1n) is 29.7. The van der Waals surface area contributed by atoms with Gasteiger partial charge in [0, 0.05) is 12.3 Å². The maximum atomic E-state index is 12.1. The molecule has 0 amide bonds. The summed E-state index contributed by atoms with van der Waals surface area (Å²) in [7, 11) is 0. The van der Waals surface area contributed by atoms with E-state index < -0.39 is 180 Å². The first kappa shape index (κ1) is 61.6. The van der Waals surface area contributed by atoms with Gasteiger partial charge in [-0.15, -0.1) is 0 Å². The Hall–Kier alpha value is -1.04. The number of hydrogen-bond donors (Lipinski definition) is 14. The molecule has 11 rings (SSSR count). The molecule has 7 heterocycles. The molecule has 11 fully saturated rings. The molecule has 466 valence electrons. The lowest BCUT2D eigenvalue weighted by Gasteiger charge is -2.61. The van der Waals surface area contributed by atoms with E-state index in [4.69, 9.17) is 56.8 Å². The van der Waals surface area contributed by atoms with Gasteiger partial charge in [0.1, 0.15) is 110 Å². The Balaban J connectivity index is 0.759. The lowest BCUT2D eigenvalue weighted by molar-refractivity contribution is -0.401. The summed E-state index contributed by atoms with van der Waals surface area (Å²) >= 11 is 0. The van der Waals surface area contributed by atoms with Gasteiger partial charge < -0.3 is 128 Å². The SMILES string of the molecule is C[C@@H]1CC[C@@]2(OC1)O[C@H]1C[C@H]3[C@@H]4CC[C@H]5C[C@@H](O[C@@H]6O[C@H](CO)[C@@H](O)[C@H](O[C@@H]7O[C@H](CO)[C@@H](O)[C@H](O)[C@H]7O[C@@H]7OC[C@@H](O)[C@H](O)[C@H]7O[C@@H]7O[C@H](CO)[C@@H](O)[C@H](O[C@H]8OC[C@H](O)[C@@H](O)[C@@H]8O)[C@H]7O)[C@H]6O)CC[C@]5(C)[C@H]4CC[C@]3(C)[C@H]1[C@@H]2C. The Bertz CT molecular complexity index is 2090. The summed E-state index contributed by atoms with van der Waals surface area (Å²) in [6.07, 6.45) is -31.0. The zero-order valence-electron chi connectivity index (χ0n) is 46.4. The minimum absolute atomic E-state index is 0.0536. The largest absolute Gasteiger partial charge is 0.394 e. The van der Waals surface area contributed by atoms with Crippen molar-refractivity contribution < 1.29 is 128 Å². The van der Waals surface area contributed by atoms with E-state index in [9.17, 15) is 71.5 Å². The summed E-state index contributed by atoms with van der Waals surface area (Å²) in [5, 5.41) is 153. The van der Waals surface area contributed by atoms with Crippen LogP contribution in [0.15, 0.2) is 0 Å². The van der Waals surface area contributed by atoms with Gasteiger partial charge >= 0.3 is 0 Å². The van der Waals surface area contributed by atoms with E-state index in [1.165, 1.54) is 0 Å². The number of aliphatic hydroxyl groups is 14. The Labute approximate surface area is 470 Å². The van der Waals surface area contributed by atoms with Gasteiger partial charge in [-0.05, 0) is 104 Å². The van der Waals surface area contributed by atoms with Gasteiger partial charge in [0.15, 0.2) is 37.2 Å². The monoisotopic (exact) mass is 1170 g/mol. The number of hydrogen-bond acceptors (Lipinski definition) is 26. The number of ether oxygens (including phenoxy) is 12. The van der Waals surface area contributed by atoms with Crippen LogP contribution in [0, 0.1) is 52.3 Å². The predicted molar refractivity (Wildman–Crippen MR) is 269 cm³/mol. The topological polar surface area (TPSA) is 394 Å². The van der Waals surface area contributed by atoms with Crippen molar-refractivity contribution in [3.63, 3.8) is 0 Å². The standard InChI is InChI=1S/C55H90O26/c1-21-7-12-55(72-18-21)22(2)34-30(81-55)14-27-25-6-5-23-13-24(8-10-53(23,3)26(25)9-11-54(27,34)4)73-49-42(68)45(39(65)32(16-57)74-49)78-52-47(40(66)37(63)31(15-56)76-52)80-51-46(36(62)29(60)20-71-51)79-50-43(69)44(38(64)33(17-58)75-50)77-48-41(67)35(61)28(59)19-70-48/h21-52,56-69H,5-20H2,1-4H3/t21-,22+,23+,24+,25-,26+,27+,28+,29-,30+,31-,32-,33-,34+,35-,36+,37-,38-,39-,40+,41+,42-,43-,44+,45+,46-,47-,48-,49-,50+,51+,52+,53+,54+,55-/m1/s1. The molecule has 0 aromatic carbocycles. The molecule has 35 atom stereocenters. The molecule has 26 nitrogen and oxygen atoms in total. The zero-order valence-corrected chi connectivity index (χ0v) is 46.4. The predicted octanol–water partition coefficient (Wildman–Crippen LogP) is -3.81. The maximum absolute atomic E-state index is 12.1. The highest BCUT2D eigenvalue weighted by molar-refractivity contribution is 5.16. The first-order valence-corrected chi connectivity index (χ1v) is 29.7. The molecule has 11 aliphatic rings.